The van der Waals surface area contributed by atoms with Crippen molar-refractivity contribution in [2.75, 3.05) is 0 Å². The Bertz CT molecular complexity index is 898. The van der Waals surface area contributed by atoms with Crippen molar-refractivity contribution >= 4 is 23.3 Å². The van der Waals surface area contributed by atoms with Gasteiger partial charge in [-0.05, 0) is 29.8 Å². The predicted octanol–water partition coefficient (Wildman–Crippen LogP) is 0.444. The van der Waals surface area contributed by atoms with Gasteiger partial charge in [0.25, 0.3) is 5.91 Å². The van der Waals surface area contributed by atoms with Gasteiger partial charge in [-0.2, -0.15) is 4.57 Å². The zero-order valence-electron chi connectivity index (χ0n) is 14.4. The number of aromatic nitrogens is 1. The van der Waals surface area contributed by atoms with Crippen LogP contribution in [0.1, 0.15) is 26.3 Å². The summed E-state index contributed by atoms with van der Waals surface area (Å²) >= 11 is 5.83. The van der Waals surface area contributed by atoms with Crippen molar-refractivity contribution in [2.45, 2.75) is 13.1 Å². The molecule has 0 spiro atoms. The zero-order chi connectivity index (χ0) is 18.4. The predicted molar refractivity (Wildman–Crippen MR) is 100 cm³/mol. The summed E-state index contributed by atoms with van der Waals surface area (Å²) in [6.45, 7) is 0.678. The molecule has 2 aromatic carbocycles. The maximum atomic E-state index is 12.3. The summed E-state index contributed by atoms with van der Waals surface area (Å²) < 4.78 is 1.74. The van der Waals surface area contributed by atoms with Crippen LogP contribution in [-0.2, 0) is 13.1 Å². The second kappa shape index (κ2) is 10.00. The molecule has 0 fully saturated rings. The van der Waals surface area contributed by atoms with Gasteiger partial charge in [0, 0.05) is 29.3 Å². The van der Waals surface area contributed by atoms with Gasteiger partial charge in [-0.1, -0.05) is 41.9 Å². The van der Waals surface area contributed by atoms with E-state index in [1.165, 1.54) is 0 Å². The normalized spacial score (nSPS) is 9.96. The molecule has 6 heteroatoms. The molecule has 27 heavy (non-hydrogen) atoms. The van der Waals surface area contributed by atoms with Gasteiger partial charge < -0.3 is 22.3 Å². The number of ketones is 1. The molecule has 0 radical (unpaired) electrons. The molecular weight excluding hydrogens is 428 g/mol. The third-order valence-electron chi connectivity index (χ3n) is 3.94. The molecule has 0 bridgehead atoms. The van der Waals surface area contributed by atoms with Gasteiger partial charge in [0.05, 0.1) is 5.56 Å². The molecule has 3 rings (SSSR count). The smallest absolute Gasteiger partial charge is 0.252 e. The Hall–Kier alpha value is -2.50. The van der Waals surface area contributed by atoms with E-state index in [1.807, 2.05) is 30.3 Å². The highest BCUT2D eigenvalue weighted by molar-refractivity contribution is 6.30. The fourth-order valence-corrected chi connectivity index (χ4v) is 2.61. The van der Waals surface area contributed by atoms with E-state index >= 15 is 0 Å². The van der Waals surface area contributed by atoms with Gasteiger partial charge in [-0.3, -0.25) is 9.59 Å². The number of carbonyl (C=O) groups is 2. The summed E-state index contributed by atoms with van der Waals surface area (Å²) in [5.41, 5.74) is 2.20. The number of benzene rings is 2. The summed E-state index contributed by atoms with van der Waals surface area (Å²) in [6, 6.07) is 19.9. The van der Waals surface area contributed by atoms with Crippen LogP contribution in [0.5, 0.6) is 0 Å². The van der Waals surface area contributed by atoms with Gasteiger partial charge in [0.15, 0.2) is 12.4 Å². The first-order chi connectivity index (χ1) is 12.6. The highest BCUT2D eigenvalue weighted by Gasteiger charge is 2.13. The fraction of sp³-hybridized carbons (Fsp3) is 0.0952. The number of Topliss-reactive ketones (excluding diaryl/α,β-unsaturated/α-hetero) is 1. The first-order valence-corrected chi connectivity index (χ1v) is 8.59. The van der Waals surface area contributed by atoms with Crippen LogP contribution in [0, 0.1) is 0 Å². The Morgan fingerprint density at radius 2 is 1.48 bits per heavy atom. The van der Waals surface area contributed by atoms with Gasteiger partial charge in [-0.15, -0.1) is 0 Å². The Balaban J connectivity index is 0.00000261. The molecule has 0 aliphatic carbocycles. The standard InChI is InChI=1S/C21H17ClN2O2.BrH/c22-19-8-6-17(7-9-19)20(25)15-24-12-10-18(11-13-24)21(26)23-14-16-4-2-1-3-5-16;/h1-13H,14-15H2;1H. The third-order valence-corrected chi connectivity index (χ3v) is 4.19. The Morgan fingerprint density at radius 1 is 0.852 bits per heavy atom. The van der Waals surface area contributed by atoms with Crippen molar-refractivity contribution in [1.82, 2.24) is 5.32 Å². The van der Waals surface area contributed by atoms with Crippen LogP contribution < -0.4 is 26.9 Å². The van der Waals surface area contributed by atoms with Crippen LogP contribution in [0.3, 0.4) is 0 Å². The quantitative estimate of drug-likeness (QED) is 0.442. The number of nitrogens with one attached hydrogen (secondary N) is 1. The maximum absolute atomic E-state index is 12.3. The largest absolute Gasteiger partial charge is 1.00 e. The molecule has 4 nitrogen and oxygen atoms in total. The van der Waals surface area contributed by atoms with E-state index in [9.17, 15) is 9.59 Å². The van der Waals surface area contributed by atoms with E-state index in [2.05, 4.69) is 5.32 Å². The third kappa shape index (κ3) is 6.01. The molecule has 0 saturated heterocycles. The van der Waals surface area contributed by atoms with Crippen molar-refractivity contribution < 1.29 is 31.1 Å². The lowest BCUT2D eigenvalue weighted by atomic mass is 10.1. The SMILES string of the molecule is O=C(C[n+]1ccc(C(=O)NCc2ccccc2)cc1)c1ccc(Cl)cc1.[Br-]. The molecule has 3 aromatic rings. The first-order valence-electron chi connectivity index (χ1n) is 8.22. The molecule has 0 aliphatic heterocycles. The van der Waals surface area contributed by atoms with Crippen LogP contribution in [0.4, 0.5) is 0 Å². The lowest BCUT2D eigenvalue weighted by Crippen LogP contribution is -3.00. The summed E-state index contributed by atoms with van der Waals surface area (Å²) in [7, 11) is 0. The average Bonchev–Trinajstić information content (AvgIpc) is 2.68. The number of rotatable bonds is 6. The van der Waals surface area contributed by atoms with Crippen LogP contribution in [0.15, 0.2) is 79.1 Å². The lowest BCUT2D eigenvalue weighted by molar-refractivity contribution is -0.683. The number of amides is 1. The number of nitrogens with zero attached hydrogens (tertiary/aromatic N) is 1. The van der Waals surface area contributed by atoms with E-state index in [-0.39, 0.29) is 35.2 Å². The molecule has 1 heterocycles. The molecule has 1 N–H and O–H groups in total. The van der Waals surface area contributed by atoms with Crippen molar-refractivity contribution in [3.05, 3.63) is 101 Å². The number of halogens is 2. The Morgan fingerprint density at radius 3 is 2.11 bits per heavy atom. The van der Waals surface area contributed by atoms with Crippen LogP contribution in [0.25, 0.3) is 0 Å². The molecule has 0 unspecified atom stereocenters. The maximum Gasteiger partial charge on any atom is 0.252 e. The number of pyridine rings is 1. The minimum absolute atomic E-state index is 0. The monoisotopic (exact) mass is 444 g/mol. The minimum atomic E-state index is -0.148. The average molecular weight is 446 g/mol. The van der Waals surface area contributed by atoms with E-state index in [4.69, 9.17) is 11.6 Å². The van der Waals surface area contributed by atoms with E-state index in [0.717, 1.165) is 5.56 Å². The summed E-state index contributed by atoms with van der Waals surface area (Å²) in [5, 5.41) is 3.48. The van der Waals surface area contributed by atoms with Crippen molar-refractivity contribution in [3.63, 3.8) is 0 Å². The Kier molecular flexibility index (Phi) is 7.70. The molecule has 1 amide bonds. The molecule has 1 aromatic heterocycles. The van der Waals surface area contributed by atoms with E-state index in [0.29, 0.717) is 22.7 Å². The highest BCUT2D eigenvalue weighted by Crippen LogP contribution is 2.10. The topological polar surface area (TPSA) is 50.0 Å². The number of hydrogen-bond donors (Lipinski definition) is 1. The van der Waals surface area contributed by atoms with Crippen molar-refractivity contribution in [2.24, 2.45) is 0 Å². The van der Waals surface area contributed by atoms with Crippen LogP contribution >= 0.6 is 11.6 Å². The summed E-state index contributed by atoms with van der Waals surface area (Å²) in [6.07, 6.45) is 3.45. The van der Waals surface area contributed by atoms with Crippen molar-refractivity contribution in [1.29, 1.82) is 0 Å². The van der Waals surface area contributed by atoms with Crippen LogP contribution in [0.2, 0.25) is 5.02 Å². The molecule has 0 atom stereocenters. The first kappa shape index (κ1) is 20.8. The zero-order valence-corrected chi connectivity index (χ0v) is 16.8. The van der Waals surface area contributed by atoms with Gasteiger partial charge in [0.1, 0.15) is 0 Å². The summed E-state index contributed by atoms with van der Waals surface area (Å²) in [4.78, 5) is 24.5. The molecule has 138 valence electrons. The fourth-order valence-electron chi connectivity index (χ4n) is 2.49. The second-order valence-electron chi connectivity index (χ2n) is 5.86. The lowest BCUT2D eigenvalue weighted by Gasteiger charge is -2.05. The second-order valence-corrected chi connectivity index (χ2v) is 6.29. The number of hydrogen-bond acceptors (Lipinski definition) is 2. The Labute approximate surface area is 173 Å². The number of carbonyl (C=O) groups excluding carboxylic acids is 2. The van der Waals surface area contributed by atoms with Gasteiger partial charge in [0.2, 0.25) is 12.3 Å². The van der Waals surface area contributed by atoms with E-state index in [1.54, 1.807) is 53.4 Å². The van der Waals surface area contributed by atoms with Gasteiger partial charge in [-0.25, -0.2) is 0 Å². The summed E-state index contributed by atoms with van der Waals surface area (Å²) in [5.74, 6) is -0.169. The van der Waals surface area contributed by atoms with Gasteiger partial charge >= 0.3 is 0 Å². The highest BCUT2D eigenvalue weighted by atomic mass is 79.9. The van der Waals surface area contributed by atoms with Crippen molar-refractivity contribution in [3.8, 4) is 0 Å². The molecule has 0 saturated carbocycles. The minimum Gasteiger partial charge on any atom is -1.00 e. The molecule has 0 aliphatic rings. The molecular formula is C21H18BrClN2O2. The van der Waals surface area contributed by atoms with Crippen LogP contribution in [-0.4, -0.2) is 11.7 Å². The van der Waals surface area contributed by atoms with E-state index < -0.39 is 0 Å².